The van der Waals surface area contributed by atoms with Crippen molar-refractivity contribution >= 4 is 74.2 Å². The van der Waals surface area contributed by atoms with Crippen LogP contribution in [0.25, 0.3) is 0 Å². The van der Waals surface area contributed by atoms with Crippen LogP contribution in [0.5, 0.6) is 5.88 Å². The summed E-state index contributed by atoms with van der Waals surface area (Å²) >= 11 is 3.03. The van der Waals surface area contributed by atoms with Crippen LogP contribution < -0.4 is 16.4 Å². The second-order valence-corrected chi connectivity index (χ2v) is 11.5. The normalized spacial score (nSPS) is 18.9. The van der Waals surface area contributed by atoms with Crippen molar-refractivity contribution in [1.82, 2.24) is 19.6 Å². The molecule has 4 heterocycles. The van der Waals surface area contributed by atoms with Gasteiger partial charge in [0.05, 0.1) is 0 Å². The van der Waals surface area contributed by atoms with E-state index in [9.17, 15) is 34.5 Å². The summed E-state index contributed by atoms with van der Waals surface area (Å²) in [4.78, 5) is 59.8. The molecule has 0 radical (unpaired) electrons. The molecule has 2 aromatic rings. The minimum absolute atomic E-state index is 0.00793. The van der Waals surface area contributed by atoms with Crippen LogP contribution in [-0.2, 0) is 24.0 Å². The number of thioether (sulfide) groups is 1. The number of hydrogen-bond acceptors (Lipinski definition) is 15. The Labute approximate surface area is 237 Å². The number of oxime groups is 1. The van der Waals surface area contributed by atoms with Gasteiger partial charge in [-0.1, -0.05) is 5.16 Å². The Bertz CT molecular complexity index is 1510. The van der Waals surface area contributed by atoms with E-state index in [4.69, 9.17) is 15.8 Å². The summed E-state index contributed by atoms with van der Waals surface area (Å²) in [5, 5.41) is 48.0. The summed E-state index contributed by atoms with van der Waals surface area (Å²) in [6, 6.07) is 0.677. The molecule has 0 saturated carbocycles. The number of thiazole rings is 1. The van der Waals surface area contributed by atoms with Crippen molar-refractivity contribution in [3.05, 3.63) is 27.9 Å². The molecule has 2 amide bonds. The first-order valence-electron chi connectivity index (χ1n) is 11.1. The van der Waals surface area contributed by atoms with E-state index in [1.165, 1.54) is 31.0 Å². The van der Waals surface area contributed by atoms with Gasteiger partial charge in [0.1, 0.15) is 39.4 Å². The van der Waals surface area contributed by atoms with Crippen LogP contribution in [0.4, 0.5) is 10.1 Å². The quantitative estimate of drug-likeness (QED) is 0.120. The molecule has 1 fully saturated rings. The number of amides is 2. The van der Waals surface area contributed by atoms with E-state index in [1.807, 2.05) is 0 Å². The number of nitrogens with zero attached hydrogens (tertiary/aromatic N) is 5. The number of β-lactam (4-membered cyclic amide) rings is 1. The third-order valence-electron chi connectivity index (χ3n) is 5.64. The average Bonchev–Trinajstić information content (AvgIpc) is 3.49. The number of anilines is 2. The Morgan fingerprint density at radius 3 is 2.70 bits per heavy atom. The molecule has 0 aliphatic carbocycles. The van der Waals surface area contributed by atoms with Gasteiger partial charge in [-0.25, -0.2) is 14.6 Å². The van der Waals surface area contributed by atoms with Crippen molar-refractivity contribution in [2.75, 3.05) is 23.3 Å². The first kappa shape index (κ1) is 28.6. The van der Waals surface area contributed by atoms with Crippen LogP contribution in [0, 0.1) is 11.3 Å². The molecule has 2 aliphatic heterocycles. The molecule has 2 aliphatic rings. The monoisotopic (exact) mass is 608 g/mol. The average molecular weight is 609 g/mol. The van der Waals surface area contributed by atoms with E-state index in [0.29, 0.717) is 5.57 Å². The van der Waals surface area contributed by atoms with Gasteiger partial charge in [-0.05, 0) is 31.0 Å². The van der Waals surface area contributed by atoms with Crippen molar-refractivity contribution in [3.63, 3.8) is 0 Å². The van der Waals surface area contributed by atoms with Crippen molar-refractivity contribution in [1.29, 1.82) is 5.26 Å². The summed E-state index contributed by atoms with van der Waals surface area (Å²) in [6.45, 7) is 2.40. The van der Waals surface area contributed by atoms with Crippen molar-refractivity contribution in [3.8, 4) is 11.9 Å². The fourth-order valence-corrected chi connectivity index (χ4v) is 6.05. The number of fused-ring (bicyclic) bond motifs is 1. The highest BCUT2D eigenvalue weighted by Crippen LogP contribution is 2.40. The molecule has 2 atom stereocenters. The predicted molar refractivity (Wildman–Crippen MR) is 143 cm³/mol. The van der Waals surface area contributed by atoms with Crippen LogP contribution in [0.2, 0.25) is 0 Å². The van der Waals surface area contributed by atoms with Crippen molar-refractivity contribution in [2.45, 2.75) is 30.9 Å². The second kappa shape index (κ2) is 11.0. The smallest absolute Gasteiger partial charge is 0.352 e. The first-order valence-corrected chi connectivity index (χ1v) is 13.8. The van der Waals surface area contributed by atoms with E-state index in [-0.39, 0.29) is 39.4 Å². The summed E-state index contributed by atoms with van der Waals surface area (Å²) in [7, 11) is 0. The zero-order chi connectivity index (χ0) is 29.4. The van der Waals surface area contributed by atoms with Gasteiger partial charge in [-0.15, -0.1) is 23.1 Å². The van der Waals surface area contributed by atoms with E-state index >= 15 is 0 Å². The molecule has 0 bridgehead atoms. The fourth-order valence-electron chi connectivity index (χ4n) is 3.52. The molecule has 0 spiro atoms. The van der Waals surface area contributed by atoms with Crippen LogP contribution in [0.1, 0.15) is 25.1 Å². The topological polar surface area (TPSA) is 253 Å². The number of nitrogen functional groups attached to an aromatic ring is 1. The minimum atomic E-state index is -1.78. The van der Waals surface area contributed by atoms with Gasteiger partial charge in [0.25, 0.3) is 11.8 Å². The fraction of sp³-hybridized carbons (Fsp3) is 0.333. The van der Waals surface area contributed by atoms with Gasteiger partial charge in [0.15, 0.2) is 10.8 Å². The van der Waals surface area contributed by atoms with Gasteiger partial charge in [-0.2, -0.15) is 9.64 Å². The van der Waals surface area contributed by atoms with Crippen LogP contribution in [-0.4, -0.2) is 88.4 Å². The lowest BCUT2D eigenvalue weighted by atomic mass is 10.0. The lowest BCUT2D eigenvalue weighted by Gasteiger charge is -2.49. The number of hydrogen-bond donors (Lipinski definition) is 6. The highest BCUT2D eigenvalue weighted by Gasteiger charge is 2.54. The molecule has 7 N–H and O–H groups in total. The van der Waals surface area contributed by atoms with Crippen LogP contribution in [0.3, 0.4) is 0 Å². The second-order valence-electron chi connectivity index (χ2n) is 8.71. The SMILES string of the molecule is CC(C)(O/N=C(\C(=O)NC1C(=O)N2C(C(=O)O)=C(CNc3snc(O)c3C#N)CS[C@H]12)c1csc(N)n1)C(=O)O. The van der Waals surface area contributed by atoms with Gasteiger partial charge in [0, 0.05) is 17.7 Å². The molecule has 16 nitrogen and oxygen atoms in total. The number of aromatic hydroxyl groups is 1. The number of aromatic nitrogens is 2. The maximum Gasteiger partial charge on any atom is 0.352 e. The third-order valence-corrected chi connectivity index (χ3v) is 8.45. The molecule has 1 unspecified atom stereocenters. The van der Waals surface area contributed by atoms with Crippen molar-refractivity contribution < 1.29 is 39.3 Å². The molecular weight excluding hydrogens is 588 g/mol. The number of nitrogens with two attached hydrogens (primary N) is 1. The first-order chi connectivity index (χ1) is 18.9. The molecule has 2 aromatic heterocycles. The summed E-state index contributed by atoms with van der Waals surface area (Å²) in [5.74, 6) is -4.59. The molecule has 19 heteroatoms. The lowest BCUT2D eigenvalue weighted by molar-refractivity contribution is -0.161. The molecule has 210 valence electrons. The number of carboxylic acid groups (broad SMARTS) is 2. The summed E-state index contributed by atoms with van der Waals surface area (Å²) in [5.41, 5.74) is 3.43. The Morgan fingerprint density at radius 1 is 1.38 bits per heavy atom. The number of aliphatic carboxylic acids is 2. The summed E-state index contributed by atoms with van der Waals surface area (Å²) < 4.78 is 3.68. The Morgan fingerprint density at radius 2 is 2.10 bits per heavy atom. The number of carbonyl (C=O) groups is 4. The molecule has 0 aromatic carbocycles. The minimum Gasteiger partial charge on any atom is -0.492 e. The van der Waals surface area contributed by atoms with Gasteiger partial charge in [-0.3, -0.25) is 14.5 Å². The molecule has 1 saturated heterocycles. The van der Waals surface area contributed by atoms with Gasteiger partial charge < -0.3 is 36.5 Å². The Balaban J connectivity index is 1.53. The lowest BCUT2D eigenvalue weighted by Crippen LogP contribution is -2.71. The molecular formula is C21H20N8O8S3. The Hall–Kier alpha value is -4.41. The van der Waals surface area contributed by atoms with Crippen LogP contribution >= 0.6 is 34.6 Å². The van der Waals surface area contributed by atoms with Crippen LogP contribution in [0.15, 0.2) is 21.8 Å². The number of carbonyl (C=O) groups excluding carboxylic acids is 2. The predicted octanol–water partition coefficient (Wildman–Crippen LogP) is 0.194. The highest BCUT2D eigenvalue weighted by atomic mass is 32.2. The maximum absolute atomic E-state index is 13.1. The zero-order valence-electron chi connectivity index (χ0n) is 20.6. The van der Waals surface area contributed by atoms with E-state index in [1.54, 1.807) is 6.07 Å². The van der Waals surface area contributed by atoms with E-state index in [0.717, 1.165) is 27.8 Å². The van der Waals surface area contributed by atoms with Gasteiger partial charge >= 0.3 is 11.9 Å². The zero-order valence-corrected chi connectivity index (χ0v) is 23.0. The number of rotatable bonds is 10. The van der Waals surface area contributed by atoms with Crippen molar-refractivity contribution in [2.24, 2.45) is 5.16 Å². The van der Waals surface area contributed by atoms with E-state index < -0.39 is 52.4 Å². The van der Waals surface area contributed by atoms with Gasteiger partial charge in [0.2, 0.25) is 11.5 Å². The number of nitriles is 1. The standard InChI is InChI=1S/C21H20N8O8S3/c1-21(2,19(35)36)37-27-10(9-6-39-20(23)25-9)14(31)26-11-16(32)29-12(18(33)34)7(5-38-17(11)29)4-24-15-8(3-22)13(30)28-40-15/h6,11,17,24H,4-5H2,1-2H3,(H2,23,25)(H,26,31)(H,28,30)(H,33,34)(H,35,36)/b27-10-/t11?,17-/m1/s1. The maximum atomic E-state index is 13.1. The largest absolute Gasteiger partial charge is 0.492 e. The summed E-state index contributed by atoms with van der Waals surface area (Å²) in [6.07, 6.45) is 0. The molecule has 4 rings (SSSR count). The highest BCUT2D eigenvalue weighted by molar-refractivity contribution is 8.00. The molecule has 40 heavy (non-hydrogen) atoms. The Kier molecular flexibility index (Phi) is 7.86. The number of nitrogens with one attached hydrogen (secondary N) is 2. The van der Waals surface area contributed by atoms with E-state index in [2.05, 4.69) is 25.1 Å². The number of carboxylic acids is 2. The third kappa shape index (κ3) is 5.36.